The normalized spacial score (nSPS) is 13.5. The first kappa shape index (κ1) is 21.7. The van der Waals surface area contributed by atoms with Crippen molar-refractivity contribution < 1.29 is 41.0 Å². The second-order valence-corrected chi connectivity index (χ2v) is 5.73. The first-order valence-electron chi connectivity index (χ1n) is 7.79. The lowest BCUT2D eigenvalue weighted by atomic mass is 10.1. The third-order valence-electron chi connectivity index (χ3n) is 3.61. The third-order valence-corrected chi connectivity index (χ3v) is 3.61. The zero-order chi connectivity index (χ0) is 21.1. The summed E-state index contributed by atoms with van der Waals surface area (Å²) in [6.45, 7) is 0.0307. The molecule has 0 aliphatic rings. The summed E-state index contributed by atoms with van der Waals surface area (Å²) in [5.41, 5.74) is 1.97. The Kier molecular flexibility index (Phi) is 6.34. The maximum Gasteiger partial charge on any atom is 0.416 e. The van der Waals surface area contributed by atoms with Gasteiger partial charge in [-0.15, -0.1) is 0 Å². The Hall–Kier alpha value is -2.60. The summed E-state index contributed by atoms with van der Waals surface area (Å²) < 4.78 is 83.7. The number of rotatable bonds is 7. The number of nitrogens with zero attached hydrogens (tertiary/aromatic N) is 2. The molecule has 6 nitrogen and oxygen atoms in total. The van der Waals surface area contributed by atoms with Crippen molar-refractivity contribution in [3.63, 3.8) is 0 Å². The Balaban J connectivity index is 2.37. The van der Waals surface area contributed by atoms with Gasteiger partial charge in [-0.1, -0.05) is 0 Å². The monoisotopic (exact) mass is 411 g/mol. The molecule has 0 amide bonds. The highest BCUT2D eigenvalue weighted by atomic mass is 19.4. The predicted molar refractivity (Wildman–Crippen MR) is 83.7 cm³/mol. The van der Waals surface area contributed by atoms with Crippen LogP contribution in [0.5, 0.6) is 0 Å². The van der Waals surface area contributed by atoms with Crippen LogP contribution >= 0.6 is 0 Å². The number of hydrogen-bond acceptors (Lipinski definition) is 4. The number of halogens is 6. The van der Waals surface area contributed by atoms with Crippen LogP contribution in [0.4, 0.5) is 26.3 Å². The van der Waals surface area contributed by atoms with Gasteiger partial charge in [0.2, 0.25) is 0 Å². The SMILES string of the molecule is NCCOC(Cc1cn(-c2cc(C(F)(F)F)cc(C(F)(F)F)c2)cn1)C(=O)O. The van der Waals surface area contributed by atoms with Gasteiger partial charge in [-0.2, -0.15) is 26.3 Å². The van der Waals surface area contributed by atoms with E-state index in [-0.39, 0.29) is 31.3 Å². The number of hydrogen-bond donors (Lipinski definition) is 2. The van der Waals surface area contributed by atoms with Crippen molar-refractivity contribution in [2.45, 2.75) is 24.9 Å². The summed E-state index contributed by atoms with van der Waals surface area (Å²) in [5.74, 6) is -1.30. The molecular weight excluding hydrogens is 396 g/mol. The Morgan fingerprint density at radius 2 is 1.71 bits per heavy atom. The standard InChI is InChI=1S/C16H15F6N3O3/c17-15(18,19)9-3-10(16(20,21)22)5-12(4-9)25-7-11(24-8-25)6-13(14(26)27)28-2-1-23/h3-5,7-8,13H,1-2,6,23H2,(H,26,27). The average molecular weight is 411 g/mol. The molecule has 2 rings (SSSR count). The molecule has 1 aromatic carbocycles. The van der Waals surface area contributed by atoms with Crippen molar-refractivity contribution >= 4 is 5.97 Å². The minimum atomic E-state index is -4.98. The van der Waals surface area contributed by atoms with Crippen LogP contribution in [0.3, 0.4) is 0 Å². The second kappa shape index (κ2) is 8.19. The van der Waals surface area contributed by atoms with Crippen molar-refractivity contribution in [1.82, 2.24) is 9.55 Å². The summed E-state index contributed by atoms with van der Waals surface area (Å²) in [7, 11) is 0. The van der Waals surface area contributed by atoms with E-state index in [1.54, 1.807) is 0 Å². The summed E-state index contributed by atoms with van der Waals surface area (Å²) in [4.78, 5) is 15.0. The molecule has 0 bridgehead atoms. The summed E-state index contributed by atoms with van der Waals surface area (Å²) in [6, 6.07) is 1.10. The average Bonchev–Trinajstić information content (AvgIpc) is 3.05. The molecule has 0 fully saturated rings. The zero-order valence-electron chi connectivity index (χ0n) is 14.1. The maximum atomic E-state index is 13.0. The van der Waals surface area contributed by atoms with E-state index in [1.165, 1.54) is 0 Å². The van der Waals surface area contributed by atoms with Crippen molar-refractivity contribution in [1.29, 1.82) is 0 Å². The Morgan fingerprint density at radius 3 is 2.18 bits per heavy atom. The summed E-state index contributed by atoms with van der Waals surface area (Å²) in [5, 5.41) is 9.09. The highest BCUT2D eigenvalue weighted by molar-refractivity contribution is 5.72. The van der Waals surface area contributed by atoms with Gasteiger partial charge in [0.25, 0.3) is 0 Å². The van der Waals surface area contributed by atoms with Gasteiger partial charge in [0.05, 0.1) is 29.8 Å². The molecule has 0 saturated heterocycles. The summed E-state index contributed by atoms with van der Waals surface area (Å²) >= 11 is 0. The number of aromatic nitrogens is 2. The van der Waals surface area contributed by atoms with Crippen LogP contribution < -0.4 is 5.73 Å². The van der Waals surface area contributed by atoms with E-state index in [4.69, 9.17) is 15.6 Å². The van der Waals surface area contributed by atoms with Gasteiger partial charge < -0.3 is 20.1 Å². The number of alkyl halides is 6. The van der Waals surface area contributed by atoms with Gasteiger partial charge in [0.15, 0.2) is 6.10 Å². The van der Waals surface area contributed by atoms with E-state index < -0.39 is 41.2 Å². The number of imidazole rings is 1. The number of ether oxygens (including phenoxy) is 1. The Bertz CT molecular complexity index is 800. The molecule has 0 saturated carbocycles. The van der Waals surface area contributed by atoms with Crippen LogP contribution in [0.25, 0.3) is 5.69 Å². The van der Waals surface area contributed by atoms with Gasteiger partial charge in [-0.25, -0.2) is 9.78 Å². The van der Waals surface area contributed by atoms with E-state index in [1.807, 2.05) is 0 Å². The van der Waals surface area contributed by atoms with Crippen LogP contribution in [0.2, 0.25) is 0 Å². The molecule has 1 aromatic heterocycles. The molecule has 154 valence electrons. The minimum absolute atomic E-state index is 0.0163. The van der Waals surface area contributed by atoms with Crippen LogP contribution in [0.15, 0.2) is 30.7 Å². The highest BCUT2D eigenvalue weighted by Crippen LogP contribution is 2.37. The first-order valence-corrected chi connectivity index (χ1v) is 7.79. The molecular formula is C16H15F6N3O3. The van der Waals surface area contributed by atoms with Crippen molar-refractivity contribution in [3.8, 4) is 5.69 Å². The quantitative estimate of drug-likeness (QED) is 0.684. The van der Waals surface area contributed by atoms with E-state index in [0.717, 1.165) is 17.1 Å². The van der Waals surface area contributed by atoms with E-state index >= 15 is 0 Å². The highest BCUT2D eigenvalue weighted by Gasteiger charge is 2.37. The molecule has 1 unspecified atom stereocenters. The molecule has 0 spiro atoms. The number of nitrogens with two attached hydrogens (primary N) is 1. The van der Waals surface area contributed by atoms with Crippen LogP contribution in [0.1, 0.15) is 16.8 Å². The lowest BCUT2D eigenvalue weighted by molar-refractivity contribution is -0.150. The zero-order valence-corrected chi connectivity index (χ0v) is 14.1. The molecule has 1 atom stereocenters. The minimum Gasteiger partial charge on any atom is -0.479 e. The van der Waals surface area contributed by atoms with E-state index in [0.29, 0.717) is 12.1 Å². The number of carbonyl (C=O) groups is 1. The Morgan fingerprint density at radius 1 is 1.14 bits per heavy atom. The molecule has 0 aliphatic carbocycles. The van der Waals surface area contributed by atoms with Crippen LogP contribution in [-0.2, 0) is 28.3 Å². The molecule has 28 heavy (non-hydrogen) atoms. The number of benzene rings is 1. The molecule has 1 heterocycles. The predicted octanol–water partition coefficient (Wildman–Crippen LogP) is 2.88. The van der Waals surface area contributed by atoms with Crippen molar-refractivity contribution in [2.24, 2.45) is 5.73 Å². The first-order chi connectivity index (χ1) is 12.9. The molecule has 0 aliphatic heterocycles. The lowest BCUT2D eigenvalue weighted by Crippen LogP contribution is -2.28. The molecule has 0 radical (unpaired) electrons. The number of carboxylic acid groups (broad SMARTS) is 1. The second-order valence-electron chi connectivity index (χ2n) is 5.73. The van der Waals surface area contributed by atoms with Crippen molar-refractivity contribution in [3.05, 3.63) is 47.5 Å². The topological polar surface area (TPSA) is 90.4 Å². The smallest absolute Gasteiger partial charge is 0.416 e. The van der Waals surface area contributed by atoms with Crippen LogP contribution in [-0.4, -0.2) is 39.9 Å². The molecule has 3 N–H and O–H groups in total. The molecule has 12 heteroatoms. The third kappa shape index (κ3) is 5.45. The van der Waals surface area contributed by atoms with E-state index in [2.05, 4.69) is 4.98 Å². The van der Waals surface area contributed by atoms with Gasteiger partial charge in [0, 0.05) is 24.8 Å². The van der Waals surface area contributed by atoms with E-state index in [9.17, 15) is 31.1 Å². The largest absolute Gasteiger partial charge is 0.479 e. The van der Waals surface area contributed by atoms with Gasteiger partial charge >= 0.3 is 18.3 Å². The van der Waals surface area contributed by atoms with Gasteiger partial charge in [0.1, 0.15) is 0 Å². The fraction of sp³-hybridized carbons (Fsp3) is 0.375. The lowest BCUT2D eigenvalue weighted by Gasteiger charge is -2.14. The summed E-state index contributed by atoms with van der Waals surface area (Å²) in [6.07, 6.45) is -9.38. The van der Waals surface area contributed by atoms with Gasteiger partial charge in [-0.05, 0) is 18.2 Å². The van der Waals surface area contributed by atoms with Crippen molar-refractivity contribution in [2.75, 3.05) is 13.2 Å². The number of aliphatic carboxylic acids is 1. The van der Waals surface area contributed by atoms with Gasteiger partial charge in [-0.3, -0.25) is 0 Å². The van der Waals surface area contributed by atoms with Crippen LogP contribution in [0, 0.1) is 0 Å². The fourth-order valence-corrected chi connectivity index (χ4v) is 2.32. The maximum absolute atomic E-state index is 13.0. The fourth-order valence-electron chi connectivity index (χ4n) is 2.32. The molecule has 2 aromatic rings. The Labute approximate surface area is 154 Å². The number of carboxylic acids is 1.